The number of aromatic amines is 1. The number of imide groups is 1. The molecule has 166 valence electrons. The highest BCUT2D eigenvalue weighted by Crippen LogP contribution is 2.38. The largest absolute Gasteiger partial charge is 0.368 e. The minimum absolute atomic E-state index is 0.273. The lowest BCUT2D eigenvalue weighted by Gasteiger charge is -2.42. The number of carbonyl (C=O) groups excluding carboxylic acids is 3. The third-order valence-corrected chi connectivity index (χ3v) is 6.53. The highest BCUT2D eigenvalue weighted by atomic mass is 16.2. The molecular weight excluding hydrogens is 394 g/mol. The number of rotatable bonds is 7. The van der Waals surface area contributed by atoms with Crippen LogP contribution < -0.4 is 5.73 Å². The van der Waals surface area contributed by atoms with Crippen LogP contribution in [0.1, 0.15) is 38.8 Å². The van der Waals surface area contributed by atoms with Crippen molar-refractivity contribution in [2.45, 2.75) is 45.2 Å². The van der Waals surface area contributed by atoms with Crippen LogP contribution >= 0.6 is 0 Å². The van der Waals surface area contributed by atoms with Crippen LogP contribution in [-0.2, 0) is 16.1 Å². The first-order valence-electron chi connectivity index (χ1n) is 11.0. The fraction of sp³-hybridized carbons (Fsp3) is 0.522. The number of likely N-dealkylation sites (tertiary alicyclic amines) is 1. The van der Waals surface area contributed by atoms with Crippen molar-refractivity contribution in [2.24, 2.45) is 11.7 Å². The van der Waals surface area contributed by atoms with E-state index in [0.29, 0.717) is 38.4 Å². The molecule has 0 radical (unpaired) electrons. The number of hydrogen-bond acceptors (Lipinski definition) is 4. The lowest BCUT2D eigenvalue weighted by molar-refractivity contribution is -0.137. The smallest absolute Gasteiger partial charge is 0.328 e. The molecule has 2 aromatic rings. The van der Waals surface area contributed by atoms with Gasteiger partial charge in [-0.3, -0.25) is 19.4 Å². The molecule has 2 aliphatic heterocycles. The molecule has 2 fully saturated rings. The van der Waals surface area contributed by atoms with Crippen LogP contribution in [0, 0.1) is 5.92 Å². The van der Waals surface area contributed by atoms with E-state index in [1.54, 1.807) is 4.90 Å². The summed E-state index contributed by atoms with van der Waals surface area (Å²) in [5.41, 5.74) is 6.70. The van der Waals surface area contributed by atoms with E-state index in [9.17, 15) is 14.4 Å². The molecule has 8 heteroatoms. The molecule has 8 nitrogen and oxygen atoms in total. The summed E-state index contributed by atoms with van der Waals surface area (Å²) >= 11 is 0. The van der Waals surface area contributed by atoms with Gasteiger partial charge >= 0.3 is 6.03 Å². The van der Waals surface area contributed by atoms with Gasteiger partial charge in [0.15, 0.2) is 0 Å². The normalized spacial score (nSPS) is 19.3. The summed E-state index contributed by atoms with van der Waals surface area (Å²) < 4.78 is 0. The maximum atomic E-state index is 13.3. The molecular formula is C23H31N5O3. The molecule has 0 unspecified atom stereocenters. The van der Waals surface area contributed by atoms with Crippen molar-refractivity contribution in [1.82, 2.24) is 19.7 Å². The number of H-pyrrole nitrogens is 1. The van der Waals surface area contributed by atoms with Gasteiger partial charge in [0, 0.05) is 37.4 Å². The Hall–Kier alpha value is -2.87. The number of carbonyl (C=O) groups is 3. The number of aromatic nitrogens is 1. The van der Waals surface area contributed by atoms with E-state index >= 15 is 0 Å². The summed E-state index contributed by atoms with van der Waals surface area (Å²) in [6, 6.07) is 9.97. The maximum absolute atomic E-state index is 13.3. The Balaban J connectivity index is 1.49. The van der Waals surface area contributed by atoms with Gasteiger partial charge in [-0.15, -0.1) is 0 Å². The number of benzene rings is 1. The SMILES string of the molecule is CC(C)CCN1C(=O)N(CC(N)=O)C(=O)C12CCN(Cc1cc3ccccc3[nH]1)CC2. The van der Waals surface area contributed by atoms with Gasteiger partial charge in [-0.05, 0) is 42.7 Å². The zero-order valence-electron chi connectivity index (χ0n) is 18.3. The van der Waals surface area contributed by atoms with Gasteiger partial charge in [-0.2, -0.15) is 0 Å². The Morgan fingerprint density at radius 2 is 1.90 bits per heavy atom. The Morgan fingerprint density at radius 3 is 2.55 bits per heavy atom. The van der Waals surface area contributed by atoms with Gasteiger partial charge in [0.25, 0.3) is 5.91 Å². The fourth-order valence-corrected chi connectivity index (χ4v) is 4.80. The second-order valence-corrected chi connectivity index (χ2v) is 9.16. The van der Waals surface area contributed by atoms with Crippen molar-refractivity contribution >= 4 is 28.7 Å². The Bertz CT molecular complexity index is 957. The van der Waals surface area contributed by atoms with Crippen LogP contribution in [-0.4, -0.2) is 69.2 Å². The Labute approximate surface area is 182 Å². The number of amides is 4. The number of primary amides is 1. The molecule has 3 heterocycles. The second-order valence-electron chi connectivity index (χ2n) is 9.16. The van der Waals surface area contributed by atoms with E-state index < -0.39 is 11.4 Å². The maximum Gasteiger partial charge on any atom is 0.328 e. The van der Waals surface area contributed by atoms with E-state index in [2.05, 4.69) is 41.9 Å². The highest BCUT2D eigenvalue weighted by molar-refractivity contribution is 6.09. The molecule has 31 heavy (non-hydrogen) atoms. The van der Waals surface area contributed by atoms with Crippen molar-refractivity contribution in [1.29, 1.82) is 0 Å². The molecule has 4 rings (SSSR count). The zero-order valence-corrected chi connectivity index (χ0v) is 18.3. The predicted molar refractivity (Wildman–Crippen MR) is 118 cm³/mol. The van der Waals surface area contributed by atoms with Gasteiger partial charge in [-0.25, -0.2) is 4.79 Å². The number of fused-ring (bicyclic) bond motifs is 1. The van der Waals surface area contributed by atoms with Crippen molar-refractivity contribution in [2.75, 3.05) is 26.2 Å². The minimum Gasteiger partial charge on any atom is -0.368 e. The quantitative estimate of drug-likeness (QED) is 0.665. The number of hydrogen-bond donors (Lipinski definition) is 2. The Kier molecular flexibility index (Phi) is 5.75. The number of nitrogens with zero attached hydrogens (tertiary/aromatic N) is 3. The molecule has 1 spiro atoms. The predicted octanol–water partition coefficient (Wildman–Crippen LogP) is 2.30. The molecule has 0 atom stereocenters. The highest BCUT2D eigenvalue weighted by Gasteiger charge is 2.57. The lowest BCUT2D eigenvalue weighted by atomic mass is 9.85. The molecule has 0 aliphatic carbocycles. The molecule has 3 N–H and O–H groups in total. The van der Waals surface area contributed by atoms with E-state index in [1.165, 1.54) is 5.39 Å². The topological polar surface area (TPSA) is 103 Å². The van der Waals surface area contributed by atoms with Crippen molar-refractivity contribution < 1.29 is 14.4 Å². The average molecular weight is 426 g/mol. The fourth-order valence-electron chi connectivity index (χ4n) is 4.80. The summed E-state index contributed by atoms with van der Waals surface area (Å²) in [5.74, 6) is -0.531. The lowest BCUT2D eigenvalue weighted by Crippen LogP contribution is -2.56. The average Bonchev–Trinajstić information content (AvgIpc) is 3.21. The van der Waals surface area contributed by atoms with Gasteiger partial charge in [0.1, 0.15) is 12.1 Å². The summed E-state index contributed by atoms with van der Waals surface area (Å²) in [6.07, 6.45) is 1.93. The van der Waals surface area contributed by atoms with Gasteiger partial charge in [0.2, 0.25) is 5.91 Å². The number of para-hydroxylation sites is 1. The van der Waals surface area contributed by atoms with Crippen molar-refractivity contribution in [3.8, 4) is 0 Å². The first-order chi connectivity index (χ1) is 14.8. The van der Waals surface area contributed by atoms with Crippen LogP contribution in [0.3, 0.4) is 0 Å². The standard InChI is InChI=1S/C23H31N5O3/c1-16(2)7-10-28-22(31)27(15-20(24)29)21(30)23(28)8-11-26(12-9-23)14-18-13-17-5-3-4-6-19(17)25-18/h3-6,13,16,25H,7-12,14-15H2,1-2H3,(H2,24,29). The van der Waals surface area contributed by atoms with Crippen LogP contribution in [0.25, 0.3) is 10.9 Å². The molecule has 4 amide bonds. The van der Waals surface area contributed by atoms with E-state index in [-0.39, 0.29) is 18.5 Å². The number of piperidine rings is 1. The molecule has 2 saturated heterocycles. The van der Waals surface area contributed by atoms with E-state index in [0.717, 1.165) is 29.1 Å². The molecule has 1 aromatic carbocycles. The van der Waals surface area contributed by atoms with Gasteiger partial charge in [-0.1, -0.05) is 32.0 Å². The summed E-state index contributed by atoms with van der Waals surface area (Å²) in [4.78, 5) is 46.3. The summed E-state index contributed by atoms with van der Waals surface area (Å²) in [6.45, 7) is 6.53. The molecule has 0 bridgehead atoms. The molecule has 0 saturated carbocycles. The first-order valence-corrected chi connectivity index (χ1v) is 11.0. The summed E-state index contributed by atoms with van der Waals surface area (Å²) in [5, 5.41) is 1.18. The number of nitrogens with two attached hydrogens (primary N) is 1. The zero-order chi connectivity index (χ0) is 22.2. The minimum atomic E-state index is -0.863. The third-order valence-electron chi connectivity index (χ3n) is 6.53. The third kappa shape index (κ3) is 4.04. The second kappa shape index (κ2) is 8.34. The van der Waals surface area contributed by atoms with Crippen LogP contribution in [0.2, 0.25) is 0 Å². The number of urea groups is 1. The van der Waals surface area contributed by atoms with Crippen LogP contribution in [0.4, 0.5) is 4.79 Å². The monoisotopic (exact) mass is 425 g/mol. The van der Waals surface area contributed by atoms with Crippen LogP contribution in [0.5, 0.6) is 0 Å². The van der Waals surface area contributed by atoms with E-state index in [4.69, 9.17) is 5.73 Å². The number of nitrogens with one attached hydrogen (secondary N) is 1. The van der Waals surface area contributed by atoms with E-state index in [1.807, 2.05) is 12.1 Å². The summed E-state index contributed by atoms with van der Waals surface area (Å²) in [7, 11) is 0. The van der Waals surface area contributed by atoms with Gasteiger partial charge in [0.05, 0.1) is 0 Å². The van der Waals surface area contributed by atoms with Crippen molar-refractivity contribution in [3.63, 3.8) is 0 Å². The Morgan fingerprint density at radius 1 is 1.19 bits per heavy atom. The van der Waals surface area contributed by atoms with Crippen molar-refractivity contribution in [3.05, 3.63) is 36.0 Å². The first kappa shape index (κ1) is 21.4. The molecule has 2 aliphatic rings. The van der Waals surface area contributed by atoms with Gasteiger partial charge < -0.3 is 15.6 Å². The van der Waals surface area contributed by atoms with Crippen LogP contribution in [0.15, 0.2) is 30.3 Å². The molecule has 1 aromatic heterocycles.